The minimum Gasteiger partial charge on any atom is -0.467 e. The predicted molar refractivity (Wildman–Crippen MR) is 53.6 cm³/mol. The number of halogens is 5. The number of aromatic nitrogens is 1. The van der Waals surface area contributed by atoms with Crippen molar-refractivity contribution in [3.63, 3.8) is 0 Å². The molecule has 1 rings (SSSR count). The van der Waals surface area contributed by atoms with Crippen molar-refractivity contribution in [2.45, 2.75) is 6.18 Å². The molecule has 0 saturated heterocycles. The summed E-state index contributed by atoms with van der Waals surface area (Å²) in [7, 11) is 0. The van der Waals surface area contributed by atoms with Crippen LogP contribution in [0.2, 0.25) is 10.0 Å². The molecule has 0 aliphatic heterocycles. The number of hydrogen-bond donors (Lipinski definition) is 2. The van der Waals surface area contributed by atoms with Crippen LogP contribution in [-0.4, -0.2) is 17.8 Å². The molecule has 0 amide bonds. The summed E-state index contributed by atoms with van der Waals surface area (Å²) >= 11 is 11.2. The van der Waals surface area contributed by atoms with E-state index in [-0.39, 0.29) is 15.9 Å². The first-order valence-corrected chi connectivity index (χ1v) is 4.61. The molecule has 0 saturated carbocycles. The van der Waals surface area contributed by atoms with Crippen LogP contribution in [0.15, 0.2) is 6.07 Å². The van der Waals surface area contributed by atoms with Gasteiger partial charge in [-0.2, -0.15) is 18.2 Å². The zero-order chi connectivity index (χ0) is 12.3. The van der Waals surface area contributed by atoms with Gasteiger partial charge >= 0.3 is 6.18 Å². The lowest BCUT2D eigenvalue weighted by molar-refractivity contribution is -0.154. The minimum absolute atomic E-state index is 0.0248. The zero-order valence-electron chi connectivity index (χ0n) is 7.61. The van der Waals surface area contributed by atoms with E-state index in [1.165, 1.54) is 6.07 Å². The molecular formula is C7H6Cl2F3N3O. The van der Waals surface area contributed by atoms with Crippen molar-refractivity contribution in [2.24, 2.45) is 5.84 Å². The van der Waals surface area contributed by atoms with Gasteiger partial charge < -0.3 is 10.2 Å². The van der Waals surface area contributed by atoms with Crippen molar-refractivity contribution in [2.75, 3.05) is 12.0 Å². The van der Waals surface area contributed by atoms with E-state index in [0.29, 0.717) is 0 Å². The lowest BCUT2D eigenvalue weighted by Crippen LogP contribution is -2.20. The topological polar surface area (TPSA) is 60.2 Å². The van der Waals surface area contributed by atoms with Gasteiger partial charge in [-0.1, -0.05) is 23.2 Å². The first-order valence-electron chi connectivity index (χ1n) is 3.85. The number of anilines is 1. The van der Waals surface area contributed by atoms with Gasteiger partial charge in [0.2, 0.25) is 5.88 Å². The van der Waals surface area contributed by atoms with E-state index >= 15 is 0 Å². The Morgan fingerprint density at radius 1 is 1.38 bits per heavy atom. The molecule has 4 nitrogen and oxygen atoms in total. The zero-order valence-corrected chi connectivity index (χ0v) is 9.12. The van der Waals surface area contributed by atoms with Crippen LogP contribution in [0.5, 0.6) is 5.88 Å². The van der Waals surface area contributed by atoms with Crippen molar-refractivity contribution in [1.82, 2.24) is 4.98 Å². The van der Waals surface area contributed by atoms with E-state index in [1.54, 1.807) is 0 Å². The number of hydrazine groups is 1. The highest BCUT2D eigenvalue weighted by Crippen LogP contribution is 2.31. The van der Waals surface area contributed by atoms with E-state index in [1.807, 2.05) is 0 Å². The lowest BCUT2D eigenvalue weighted by atomic mass is 10.4. The van der Waals surface area contributed by atoms with Gasteiger partial charge in [0.25, 0.3) is 0 Å². The van der Waals surface area contributed by atoms with Gasteiger partial charge in [0.05, 0.1) is 5.02 Å². The highest BCUT2D eigenvalue weighted by atomic mass is 35.5. The van der Waals surface area contributed by atoms with Crippen LogP contribution in [0.1, 0.15) is 0 Å². The van der Waals surface area contributed by atoms with Crippen LogP contribution in [0.25, 0.3) is 0 Å². The van der Waals surface area contributed by atoms with Gasteiger partial charge in [0.1, 0.15) is 5.02 Å². The molecule has 0 atom stereocenters. The molecule has 16 heavy (non-hydrogen) atoms. The summed E-state index contributed by atoms with van der Waals surface area (Å²) in [6.45, 7) is -1.49. The second kappa shape index (κ2) is 4.94. The molecule has 0 fully saturated rings. The lowest BCUT2D eigenvalue weighted by Gasteiger charge is -2.11. The van der Waals surface area contributed by atoms with E-state index in [9.17, 15) is 13.2 Å². The fourth-order valence-corrected chi connectivity index (χ4v) is 1.27. The van der Waals surface area contributed by atoms with Gasteiger partial charge in [0.15, 0.2) is 12.4 Å². The summed E-state index contributed by atoms with van der Waals surface area (Å²) in [6, 6.07) is 1.18. The molecule has 1 heterocycles. The number of nitrogens with two attached hydrogens (primary N) is 1. The molecule has 3 N–H and O–H groups in total. The van der Waals surface area contributed by atoms with Crippen LogP contribution in [0.4, 0.5) is 19.0 Å². The summed E-state index contributed by atoms with van der Waals surface area (Å²) in [5.41, 5.74) is 2.10. The van der Waals surface area contributed by atoms with Gasteiger partial charge in [-0.25, -0.2) is 5.84 Å². The second-order valence-electron chi connectivity index (χ2n) is 2.65. The fraction of sp³-hybridized carbons (Fsp3) is 0.286. The number of ether oxygens (including phenoxy) is 1. The van der Waals surface area contributed by atoms with Crippen LogP contribution in [-0.2, 0) is 0 Å². The van der Waals surface area contributed by atoms with E-state index in [4.69, 9.17) is 29.0 Å². The van der Waals surface area contributed by atoms with E-state index in [2.05, 4.69) is 15.1 Å². The Hall–Kier alpha value is -0.920. The van der Waals surface area contributed by atoms with Gasteiger partial charge in [-0.15, -0.1) is 0 Å². The molecule has 0 spiro atoms. The number of nitrogens with one attached hydrogen (secondary N) is 1. The van der Waals surface area contributed by atoms with Crippen molar-refractivity contribution in [3.05, 3.63) is 16.1 Å². The average Bonchev–Trinajstić information content (AvgIpc) is 2.15. The molecule has 0 radical (unpaired) electrons. The first-order chi connectivity index (χ1) is 7.33. The molecule has 0 aromatic carbocycles. The third-order valence-electron chi connectivity index (χ3n) is 1.41. The Morgan fingerprint density at radius 2 is 2.00 bits per heavy atom. The third kappa shape index (κ3) is 3.58. The number of pyridine rings is 1. The molecule has 0 aliphatic rings. The maximum absolute atomic E-state index is 11.9. The highest BCUT2D eigenvalue weighted by molar-refractivity contribution is 6.36. The Balaban J connectivity index is 2.88. The second-order valence-corrected chi connectivity index (χ2v) is 3.47. The SMILES string of the molecule is NNc1nc(OCC(F)(F)F)c(Cl)cc1Cl. The number of nitrogens with zero attached hydrogens (tertiary/aromatic N) is 1. The summed E-state index contributed by atoms with van der Waals surface area (Å²) in [5.74, 6) is 4.62. The standard InChI is InChI=1S/C7H6Cl2F3N3O/c8-3-1-4(9)6(14-5(3)15-13)16-2-7(10,11)12/h1H,2,13H2,(H,14,15). The van der Waals surface area contributed by atoms with E-state index in [0.717, 1.165) is 0 Å². The van der Waals surface area contributed by atoms with Crippen molar-refractivity contribution < 1.29 is 17.9 Å². The van der Waals surface area contributed by atoms with Crippen LogP contribution < -0.4 is 16.0 Å². The monoisotopic (exact) mass is 275 g/mol. The molecule has 9 heteroatoms. The largest absolute Gasteiger partial charge is 0.467 e. The molecule has 90 valence electrons. The van der Waals surface area contributed by atoms with Gasteiger partial charge in [-0.05, 0) is 6.07 Å². The maximum Gasteiger partial charge on any atom is 0.422 e. The normalized spacial score (nSPS) is 11.4. The Kier molecular flexibility index (Phi) is 4.06. The quantitative estimate of drug-likeness (QED) is 0.658. The maximum atomic E-state index is 11.9. The average molecular weight is 276 g/mol. The highest BCUT2D eigenvalue weighted by Gasteiger charge is 2.29. The molecule has 0 aliphatic carbocycles. The Morgan fingerprint density at radius 3 is 2.50 bits per heavy atom. The van der Waals surface area contributed by atoms with Crippen LogP contribution >= 0.6 is 23.2 Å². The summed E-state index contributed by atoms with van der Waals surface area (Å²) < 4.78 is 40.0. The first kappa shape index (κ1) is 13.1. The van der Waals surface area contributed by atoms with Crippen molar-refractivity contribution >= 4 is 29.0 Å². The molecule has 1 aromatic rings. The molecule has 0 bridgehead atoms. The number of hydrogen-bond acceptors (Lipinski definition) is 4. The number of alkyl halides is 3. The van der Waals surface area contributed by atoms with Crippen molar-refractivity contribution in [1.29, 1.82) is 0 Å². The van der Waals surface area contributed by atoms with Gasteiger partial charge in [0, 0.05) is 0 Å². The summed E-state index contributed by atoms with van der Waals surface area (Å²) in [6.07, 6.45) is -4.47. The summed E-state index contributed by atoms with van der Waals surface area (Å²) in [4.78, 5) is 3.57. The smallest absolute Gasteiger partial charge is 0.422 e. The number of nitrogen functional groups attached to an aromatic ring is 1. The van der Waals surface area contributed by atoms with Crippen LogP contribution in [0, 0.1) is 0 Å². The molecule has 1 aromatic heterocycles. The predicted octanol–water partition coefficient (Wildman–Crippen LogP) is 2.62. The van der Waals surface area contributed by atoms with Crippen LogP contribution in [0.3, 0.4) is 0 Å². The fourth-order valence-electron chi connectivity index (χ4n) is 0.802. The number of rotatable bonds is 3. The molecule has 0 unspecified atom stereocenters. The van der Waals surface area contributed by atoms with Crippen molar-refractivity contribution in [3.8, 4) is 5.88 Å². The Bertz CT molecular complexity index is 386. The third-order valence-corrected chi connectivity index (χ3v) is 1.97. The van der Waals surface area contributed by atoms with E-state index < -0.39 is 18.7 Å². The molecular weight excluding hydrogens is 270 g/mol. The Labute approximate surface area is 98.5 Å². The van der Waals surface area contributed by atoms with Gasteiger partial charge in [-0.3, -0.25) is 0 Å². The minimum atomic E-state index is -4.47. The summed E-state index contributed by atoms with van der Waals surface area (Å²) in [5, 5.41) is -0.0555.